The summed E-state index contributed by atoms with van der Waals surface area (Å²) >= 11 is -1.00. The van der Waals surface area contributed by atoms with Crippen molar-refractivity contribution in [3.8, 4) is 0 Å². The van der Waals surface area contributed by atoms with Crippen molar-refractivity contribution < 1.29 is 17.7 Å². The zero-order valence-electron chi connectivity index (χ0n) is 18.9. The molecule has 9 heteroatoms. The number of benzene rings is 1. The Morgan fingerprint density at radius 1 is 1.09 bits per heavy atom. The zero-order valence-corrected chi connectivity index (χ0v) is 21.9. The van der Waals surface area contributed by atoms with E-state index in [0.29, 0.717) is 10.3 Å². The first-order chi connectivity index (χ1) is 15.5. The number of nitrogens with zero attached hydrogens (tertiary/aromatic N) is 1. The first kappa shape index (κ1) is 23.6. The summed E-state index contributed by atoms with van der Waals surface area (Å²) in [6.45, 7) is 3.91. The molecule has 0 spiro atoms. The van der Waals surface area contributed by atoms with Gasteiger partial charge in [0.05, 0.1) is 0 Å². The number of anilines is 1. The van der Waals surface area contributed by atoms with Crippen LogP contribution >= 0.6 is 27.9 Å². The molecule has 1 aliphatic heterocycles. The van der Waals surface area contributed by atoms with E-state index in [4.69, 9.17) is 0 Å². The van der Waals surface area contributed by atoms with Crippen LogP contribution in [0.25, 0.3) is 0 Å². The number of amidine groups is 1. The molecule has 0 aromatic heterocycles. The monoisotopic (exact) mass is 591 g/mol. The lowest BCUT2D eigenvalue weighted by atomic mass is 9.49. The number of hydrogen-bond donors (Lipinski definition) is 2. The molecule has 0 unspecified atom stereocenters. The normalized spacial score (nSPS) is 32.6. The van der Waals surface area contributed by atoms with Gasteiger partial charge < -0.3 is 15.2 Å². The Labute approximate surface area is 203 Å². The maximum absolute atomic E-state index is 13.8. The van der Waals surface area contributed by atoms with E-state index in [1.165, 1.54) is 23.3 Å². The highest BCUT2D eigenvalue weighted by molar-refractivity contribution is 14.2. The minimum absolute atomic E-state index is 0.0464. The van der Waals surface area contributed by atoms with Gasteiger partial charge in [0.2, 0.25) is 0 Å². The molecule has 180 valence electrons. The van der Waals surface area contributed by atoms with Gasteiger partial charge in [-0.2, -0.15) is 13.2 Å². The fraction of sp³-hybridized carbons (Fsp3) is 0.583. The third-order valence-electron chi connectivity index (χ3n) is 7.54. The van der Waals surface area contributed by atoms with Gasteiger partial charge in [-0.15, -0.1) is 0 Å². The van der Waals surface area contributed by atoms with E-state index in [1.807, 2.05) is 24.3 Å². The molecular formula is C24H30F3IN3OP. The summed E-state index contributed by atoms with van der Waals surface area (Å²) in [4.78, 5) is 4.60. The predicted molar refractivity (Wildman–Crippen MR) is 138 cm³/mol. The Balaban J connectivity index is 1.34. The van der Waals surface area contributed by atoms with Crippen LogP contribution in [0.15, 0.2) is 38.9 Å². The van der Waals surface area contributed by atoms with Crippen molar-refractivity contribution in [2.24, 2.45) is 28.2 Å². The molecule has 4 fully saturated rings. The van der Waals surface area contributed by atoms with Crippen molar-refractivity contribution in [2.45, 2.75) is 44.7 Å². The zero-order chi connectivity index (χ0) is 23.4. The van der Waals surface area contributed by atoms with Gasteiger partial charge in [0, 0.05) is 17.5 Å². The third-order valence-corrected chi connectivity index (χ3v) is 11.2. The highest BCUT2D eigenvalue weighted by atomic mass is 127. The molecule has 1 aromatic rings. The van der Waals surface area contributed by atoms with Crippen LogP contribution in [0.5, 0.6) is 0 Å². The van der Waals surface area contributed by atoms with Crippen LogP contribution in [0.1, 0.15) is 38.5 Å². The second-order valence-electron chi connectivity index (χ2n) is 10.7. The van der Waals surface area contributed by atoms with E-state index in [9.17, 15) is 17.7 Å². The minimum atomic E-state index is -4.41. The summed E-state index contributed by atoms with van der Waals surface area (Å²) in [5.74, 6) is 2.18. The van der Waals surface area contributed by atoms with Crippen LogP contribution in [0.4, 0.5) is 18.9 Å². The molecule has 6 rings (SSSR count). The van der Waals surface area contributed by atoms with Gasteiger partial charge >= 0.3 is 6.18 Å². The number of alkyl halides is 3. The second-order valence-corrected chi connectivity index (χ2v) is 16.2. The van der Waals surface area contributed by atoms with Crippen molar-refractivity contribution in [2.75, 3.05) is 25.2 Å². The number of rotatable bonds is 5. The molecule has 1 aromatic carbocycles. The Morgan fingerprint density at radius 2 is 1.67 bits per heavy atom. The SMILES string of the molecule is CP(C)(=O)c1ccc(NC2=IC=C(C(F)(F)F)C(=NCC34CC5CC(CC(C5)C3)C4)N2)cc1. The lowest BCUT2D eigenvalue weighted by molar-refractivity contribution is -0.0861. The highest BCUT2D eigenvalue weighted by Gasteiger charge is 2.51. The number of nitrogens with one attached hydrogen (secondary N) is 2. The molecule has 1 heterocycles. The van der Waals surface area contributed by atoms with Crippen LogP contribution in [0, 0.1) is 23.2 Å². The summed E-state index contributed by atoms with van der Waals surface area (Å²) in [6.07, 6.45) is 2.85. The topological polar surface area (TPSA) is 53.5 Å². The predicted octanol–water partition coefficient (Wildman–Crippen LogP) is 6.07. The van der Waals surface area contributed by atoms with E-state index in [2.05, 4.69) is 15.6 Å². The summed E-state index contributed by atoms with van der Waals surface area (Å²) < 4.78 is 55.5. The van der Waals surface area contributed by atoms with Crippen LogP contribution < -0.4 is 15.9 Å². The van der Waals surface area contributed by atoms with Crippen LogP contribution in [-0.2, 0) is 4.57 Å². The van der Waals surface area contributed by atoms with Crippen molar-refractivity contribution in [1.29, 1.82) is 0 Å². The Morgan fingerprint density at radius 3 is 2.18 bits per heavy atom. The standard InChI is InChI=1S/C24H30F3IN3OP/c1-33(2,32)19-5-3-18(4-6-19)30-22-28-13-20(24(25,26)27)21(31-22)29-14-23-10-15-7-16(11-23)9-17(8-15)12-23/h3-6,13,15-17H,7-12,14H2,1-2H3,(H2,29,30,31). The molecule has 2 N–H and O–H groups in total. The molecule has 4 bridgehead atoms. The maximum Gasteiger partial charge on any atom is 0.420 e. The molecule has 0 saturated heterocycles. The number of hydrogen-bond acceptors (Lipinski definition) is 3. The highest BCUT2D eigenvalue weighted by Crippen LogP contribution is 2.60. The number of halogens is 4. The largest absolute Gasteiger partial charge is 0.420 e. The Kier molecular flexibility index (Phi) is 6.08. The lowest BCUT2D eigenvalue weighted by Crippen LogP contribution is -2.48. The summed E-state index contributed by atoms with van der Waals surface area (Å²) in [7, 11) is -2.35. The van der Waals surface area contributed by atoms with Crippen molar-refractivity contribution in [1.82, 2.24) is 5.32 Å². The van der Waals surface area contributed by atoms with Gasteiger partial charge in [-0.05, 0) is 124 Å². The molecule has 0 amide bonds. The molecule has 4 nitrogen and oxygen atoms in total. The fourth-order valence-corrected chi connectivity index (χ4v) is 9.52. The average Bonchev–Trinajstić information content (AvgIpc) is 2.70. The van der Waals surface area contributed by atoms with E-state index >= 15 is 0 Å². The first-order valence-corrected chi connectivity index (χ1v) is 16.4. The smallest absolute Gasteiger partial charge is 0.337 e. The van der Waals surface area contributed by atoms with Crippen molar-refractivity contribution >= 4 is 48.5 Å². The quantitative estimate of drug-likeness (QED) is 0.323. The molecule has 0 atom stereocenters. The molecule has 4 aliphatic carbocycles. The van der Waals surface area contributed by atoms with Crippen molar-refractivity contribution in [3.05, 3.63) is 33.9 Å². The first-order valence-electron chi connectivity index (χ1n) is 11.5. The van der Waals surface area contributed by atoms with Crippen LogP contribution in [0.2, 0.25) is 0 Å². The maximum atomic E-state index is 13.8. The molecule has 0 radical (unpaired) electrons. The van der Waals surface area contributed by atoms with E-state index < -0.39 is 39.6 Å². The molecule has 5 aliphatic rings. The second kappa shape index (κ2) is 8.51. The van der Waals surface area contributed by atoms with E-state index in [-0.39, 0.29) is 11.3 Å². The van der Waals surface area contributed by atoms with Crippen LogP contribution in [0.3, 0.4) is 0 Å². The summed E-state index contributed by atoms with van der Waals surface area (Å²) in [6, 6.07) is 7.26. The molecular weight excluding hydrogens is 561 g/mol. The van der Waals surface area contributed by atoms with Gasteiger partial charge in [0.1, 0.15) is 22.3 Å². The van der Waals surface area contributed by atoms with Gasteiger partial charge in [-0.1, -0.05) is 0 Å². The summed E-state index contributed by atoms with van der Waals surface area (Å²) in [5.41, 5.74) is 0.224. The third kappa shape index (κ3) is 5.12. The van der Waals surface area contributed by atoms with Gasteiger partial charge in [-0.25, -0.2) is 0 Å². The average molecular weight is 591 g/mol. The Bertz CT molecular complexity index is 1040. The fourth-order valence-electron chi connectivity index (χ4n) is 6.50. The molecule has 4 saturated carbocycles. The van der Waals surface area contributed by atoms with Gasteiger partial charge in [0.15, 0.2) is 0 Å². The van der Waals surface area contributed by atoms with E-state index in [1.54, 1.807) is 13.3 Å². The summed E-state index contributed by atoms with van der Waals surface area (Å²) in [5, 5.41) is 7.00. The Hall–Kier alpha value is -1.15. The minimum Gasteiger partial charge on any atom is -0.337 e. The lowest BCUT2D eigenvalue weighted by Gasteiger charge is -2.56. The van der Waals surface area contributed by atoms with Crippen LogP contribution in [-0.4, -0.2) is 35.6 Å². The van der Waals surface area contributed by atoms with Crippen molar-refractivity contribution in [3.63, 3.8) is 0 Å². The van der Waals surface area contributed by atoms with Gasteiger partial charge in [-0.3, -0.25) is 4.99 Å². The molecule has 33 heavy (non-hydrogen) atoms. The number of aliphatic imine (C=N–C) groups is 1. The van der Waals surface area contributed by atoms with Gasteiger partial charge in [0.25, 0.3) is 0 Å². The van der Waals surface area contributed by atoms with E-state index in [0.717, 1.165) is 48.0 Å².